The molecule has 1 heterocycles. The molecule has 172 valence electrons. The quantitative estimate of drug-likeness (QED) is 0.235. The van der Waals surface area contributed by atoms with E-state index in [1.54, 1.807) is 6.20 Å². The lowest BCUT2D eigenvalue weighted by Gasteiger charge is -2.11. The summed E-state index contributed by atoms with van der Waals surface area (Å²) < 4.78 is 19.7. The molecule has 1 atom stereocenters. The molecule has 2 rings (SSSR count). The normalized spacial score (nSPS) is 12.1. The Morgan fingerprint density at radius 2 is 1.42 bits per heavy atom. The molecule has 31 heavy (non-hydrogen) atoms. The van der Waals surface area contributed by atoms with Crippen molar-refractivity contribution in [1.29, 1.82) is 0 Å². The van der Waals surface area contributed by atoms with E-state index in [1.165, 1.54) is 63.4 Å². The molecule has 0 N–H and O–H groups in total. The van der Waals surface area contributed by atoms with Crippen molar-refractivity contribution in [2.75, 3.05) is 6.61 Å². The number of hydrogen-bond donors (Lipinski definition) is 0. The third kappa shape index (κ3) is 10.8. The van der Waals surface area contributed by atoms with E-state index in [0.29, 0.717) is 12.2 Å². The Bertz CT molecular complexity index is 683. The zero-order valence-electron chi connectivity index (χ0n) is 19.8. The van der Waals surface area contributed by atoms with E-state index in [0.717, 1.165) is 30.5 Å². The second-order valence-corrected chi connectivity index (χ2v) is 8.71. The number of rotatable bonds is 17. The molecular formula is C28H42FNO. The summed E-state index contributed by atoms with van der Waals surface area (Å²) in [6.07, 6.45) is 16.2. The van der Waals surface area contributed by atoms with Crippen LogP contribution in [0.15, 0.2) is 42.6 Å². The van der Waals surface area contributed by atoms with Crippen LogP contribution in [0.2, 0.25) is 0 Å². The lowest BCUT2D eigenvalue weighted by Crippen LogP contribution is -2.12. The maximum Gasteiger partial charge on any atom is 0.137 e. The maximum atomic E-state index is 14.1. The number of nitrogens with zero attached hydrogens (tertiary/aromatic N) is 1. The van der Waals surface area contributed by atoms with Crippen molar-refractivity contribution < 1.29 is 9.13 Å². The number of benzene rings is 1. The minimum Gasteiger partial charge on any atom is -0.489 e. The van der Waals surface area contributed by atoms with Crippen LogP contribution in [0, 0.1) is 0 Å². The molecule has 2 aromatic rings. The van der Waals surface area contributed by atoms with E-state index in [-0.39, 0.29) is 6.61 Å². The van der Waals surface area contributed by atoms with Gasteiger partial charge >= 0.3 is 0 Å². The highest BCUT2D eigenvalue weighted by Gasteiger charge is 2.08. The average Bonchev–Trinajstić information content (AvgIpc) is 2.80. The van der Waals surface area contributed by atoms with Crippen molar-refractivity contribution in [3.8, 4) is 17.0 Å². The van der Waals surface area contributed by atoms with E-state index < -0.39 is 6.17 Å². The molecule has 0 amide bonds. The fraction of sp³-hybridized carbons (Fsp3) is 0.607. The predicted octanol–water partition coefficient (Wildman–Crippen LogP) is 8.73. The molecule has 0 spiro atoms. The van der Waals surface area contributed by atoms with E-state index in [9.17, 15) is 4.39 Å². The molecule has 0 aliphatic rings. The van der Waals surface area contributed by atoms with Crippen molar-refractivity contribution in [1.82, 2.24) is 4.98 Å². The number of aryl methyl sites for hydroxylation is 1. The van der Waals surface area contributed by atoms with Gasteiger partial charge in [0.05, 0.1) is 11.9 Å². The Morgan fingerprint density at radius 3 is 2.06 bits per heavy atom. The fourth-order valence-electron chi connectivity index (χ4n) is 3.83. The summed E-state index contributed by atoms with van der Waals surface area (Å²) in [5, 5.41) is 0. The molecule has 1 unspecified atom stereocenters. The minimum atomic E-state index is -0.902. The first-order chi connectivity index (χ1) is 15.2. The van der Waals surface area contributed by atoms with Crippen LogP contribution in [0.25, 0.3) is 11.3 Å². The summed E-state index contributed by atoms with van der Waals surface area (Å²) in [7, 11) is 0. The first-order valence-corrected chi connectivity index (χ1v) is 12.5. The van der Waals surface area contributed by atoms with Crippen LogP contribution in [0.3, 0.4) is 0 Å². The monoisotopic (exact) mass is 427 g/mol. The molecule has 0 saturated carbocycles. The van der Waals surface area contributed by atoms with Crippen LogP contribution in [0.1, 0.15) is 96.5 Å². The second kappa shape index (κ2) is 15.8. The lowest BCUT2D eigenvalue weighted by atomic mass is 10.0. The minimum absolute atomic E-state index is 0.114. The van der Waals surface area contributed by atoms with E-state index in [4.69, 9.17) is 4.74 Å². The van der Waals surface area contributed by atoms with Crippen LogP contribution in [0.5, 0.6) is 5.75 Å². The van der Waals surface area contributed by atoms with Crippen LogP contribution in [-0.2, 0) is 6.42 Å². The highest BCUT2D eigenvalue weighted by atomic mass is 19.1. The number of hydrogen-bond acceptors (Lipinski definition) is 2. The van der Waals surface area contributed by atoms with Crippen molar-refractivity contribution in [3.63, 3.8) is 0 Å². The molecular weight excluding hydrogens is 385 g/mol. The van der Waals surface area contributed by atoms with Crippen molar-refractivity contribution in [2.45, 2.75) is 103 Å². The van der Waals surface area contributed by atoms with Gasteiger partial charge in [-0.1, -0.05) is 102 Å². The van der Waals surface area contributed by atoms with Gasteiger partial charge in [-0.15, -0.1) is 0 Å². The topological polar surface area (TPSA) is 22.1 Å². The predicted molar refractivity (Wildman–Crippen MR) is 131 cm³/mol. The van der Waals surface area contributed by atoms with Gasteiger partial charge in [0, 0.05) is 5.56 Å². The highest BCUT2D eigenvalue weighted by molar-refractivity contribution is 5.59. The van der Waals surface area contributed by atoms with E-state index in [1.807, 2.05) is 12.1 Å². The zero-order chi connectivity index (χ0) is 22.2. The highest BCUT2D eigenvalue weighted by Crippen LogP contribution is 2.21. The van der Waals surface area contributed by atoms with Gasteiger partial charge < -0.3 is 4.74 Å². The smallest absolute Gasteiger partial charge is 0.137 e. The molecule has 3 heteroatoms. The van der Waals surface area contributed by atoms with Crippen LogP contribution in [0.4, 0.5) is 4.39 Å². The van der Waals surface area contributed by atoms with Crippen LogP contribution in [-0.4, -0.2) is 17.8 Å². The SMILES string of the molecule is CCCCCCCCC(F)COc1ccc(-c2ccc(CCCCCCC)cc2)nc1. The molecule has 0 fully saturated rings. The van der Waals surface area contributed by atoms with Gasteiger partial charge in [-0.05, 0) is 37.0 Å². The van der Waals surface area contributed by atoms with Crippen LogP contribution < -0.4 is 4.74 Å². The first-order valence-electron chi connectivity index (χ1n) is 12.5. The van der Waals surface area contributed by atoms with Gasteiger partial charge in [0.1, 0.15) is 18.5 Å². The first kappa shape index (κ1) is 25.4. The standard InChI is InChI=1S/C28H42FNO/c1-3-5-7-9-11-13-15-26(29)23-31-27-20-21-28(30-22-27)25-18-16-24(17-19-25)14-12-10-8-6-4-2/h16-22,26H,3-15,23H2,1-2H3. The average molecular weight is 428 g/mol. The van der Waals surface area contributed by atoms with Gasteiger partial charge in [-0.3, -0.25) is 4.98 Å². The fourth-order valence-corrected chi connectivity index (χ4v) is 3.83. The second-order valence-electron chi connectivity index (χ2n) is 8.71. The maximum absolute atomic E-state index is 14.1. The summed E-state index contributed by atoms with van der Waals surface area (Å²) in [6.45, 7) is 4.58. The van der Waals surface area contributed by atoms with Gasteiger partial charge in [-0.25, -0.2) is 4.39 Å². The molecule has 0 bridgehead atoms. The summed E-state index contributed by atoms with van der Waals surface area (Å²) in [4.78, 5) is 4.51. The van der Waals surface area contributed by atoms with Gasteiger partial charge in [0.2, 0.25) is 0 Å². The number of unbranched alkanes of at least 4 members (excludes halogenated alkanes) is 9. The molecule has 0 saturated heterocycles. The zero-order valence-corrected chi connectivity index (χ0v) is 19.8. The lowest BCUT2D eigenvalue weighted by molar-refractivity contribution is 0.183. The number of ether oxygens (including phenoxy) is 1. The van der Waals surface area contributed by atoms with Crippen LogP contribution >= 0.6 is 0 Å². The Kier molecular flexibility index (Phi) is 13.0. The van der Waals surface area contributed by atoms with Crippen molar-refractivity contribution >= 4 is 0 Å². The third-order valence-corrected chi connectivity index (χ3v) is 5.86. The number of halogens is 1. The van der Waals surface area contributed by atoms with Gasteiger partial charge in [0.25, 0.3) is 0 Å². The molecule has 2 nitrogen and oxygen atoms in total. The Morgan fingerprint density at radius 1 is 0.774 bits per heavy atom. The Hall–Kier alpha value is -1.90. The third-order valence-electron chi connectivity index (χ3n) is 5.86. The van der Waals surface area contributed by atoms with Crippen molar-refractivity contribution in [3.05, 3.63) is 48.2 Å². The number of aromatic nitrogens is 1. The molecule has 0 aliphatic carbocycles. The number of alkyl halides is 1. The molecule has 0 radical (unpaired) electrons. The van der Waals surface area contributed by atoms with E-state index >= 15 is 0 Å². The van der Waals surface area contributed by atoms with Gasteiger partial charge in [0.15, 0.2) is 0 Å². The molecule has 0 aliphatic heterocycles. The molecule has 1 aromatic heterocycles. The van der Waals surface area contributed by atoms with Gasteiger partial charge in [-0.2, -0.15) is 0 Å². The summed E-state index contributed by atoms with van der Waals surface area (Å²) in [5.74, 6) is 0.637. The number of pyridine rings is 1. The summed E-state index contributed by atoms with van der Waals surface area (Å²) in [5.41, 5.74) is 3.41. The van der Waals surface area contributed by atoms with E-state index in [2.05, 4.69) is 43.1 Å². The van der Waals surface area contributed by atoms with Crippen molar-refractivity contribution in [2.24, 2.45) is 0 Å². The summed E-state index contributed by atoms with van der Waals surface area (Å²) >= 11 is 0. The largest absolute Gasteiger partial charge is 0.489 e. The summed E-state index contributed by atoms with van der Waals surface area (Å²) in [6, 6.07) is 12.5. The molecule has 1 aromatic carbocycles. The Labute approximate surface area is 189 Å². The Balaban J connectivity index is 1.68.